The molecule has 0 bridgehead atoms. The molecule has 4 aliphatic rings. The number of carbonyl (C=O) groups excluding carboxylic acids is 2. The van der Waals surface area contributed by atoms with Gasteiger partial charge in [-0.2, -0.15) is 13.2 Å². The van der Waals surface area contributed by atoms with Gasteiger partial charge in [0.15, 0.2) is 11.6 Å². The predicted octanol–water partition coefficient (Wildman–Crippen LogP) is 4.11. The summed E-state index contributed by atoms with van der Waals surface area (Å²) < 4.78 is 76.9. The van der Waals surface area contributed by atoms with Crippen LogP contribution in [0.25, 0.3) is 11.3 Å². The maximum atomic E-state index is 16.3. The van der Waals surface area contributed by atoms with Crippen LogP contribution < -0.4 is 9.64 Å². The number of aromatic nitrogens is 1. The Bertz CT molecular complexity index is 1470. The van der Waals surface area contributed by atoms with E-state index in [9.17, 15) is 27.2 Å². The van der Waals surface area contributed by atoms with Crippen molar-refractivity contribution < 1.29 is 36.3 Å². The number of fused-ring (bicyclic) bond motifs is 2. The number of pyridine rings is 1. The number of piperazine rings is 1. The number of benzene rings is 1. The van der Waals surface area contributed by atoms with Crippen LogP contribution in [0.15, 0.2) is 36.9 Å². The number of anilines is 1. The monoisotopic (exact) mass is 605 g/mol. The van der Waals surface area contributed by atoms with Crippen LogP contribution in [0.1, 0.15) is 30.6 Å². The van der Waals surface area contributed by atoms with E-state index >= 15 is 4.39 Å². The van der Waals surface area contributed by atoms with Gasteiger partial charge in [-0.25, -0.2) is 13.8 Å². The topological polar surface area (TPSA) is 69.2 Å². The zero-order chi connectivity index (χ0) is 30.8. The maximum Gasteiger partial charge on any atom is 0.394 e. The molecule has 1 aromatic carbocycles. The van der Waals surface area contributed by atoms with Gasteiger partial charge in [-0.1, -0.05) is 18.7 Å². The molecule has 2 atom stereocenters. The standard InChI is InChI=1S/C30H32F5N5O3/c1-4-22(41)37-9-10-39-19(14-37)16-43-26-23(28(39)42)27(36-25(24(26)32)20-7-5-6-8-21(20)31)40-15-18(11-29(40,2)3)38-12-17(13-38)30(33,34)35/h4-8,17-19H,1,9-16H2,2-3H3/t18?,19-/m1/s1. The highest BCUT2D eigenvalue weighted by Gasteiger charge is 2.53. The number of hydrogen-bond acceptors (Lipinski definition) is 6. The fourth-order valence-electron chi connectivity index (χ4n) is 6.65. The number of hydrogen-bond donors (Lipinski definition) is 0. The van der Waals surface area contributed by atoms with Gasteiger partial charge in [-0.05, 0) is 38.5 Å². The first kappa shape index (κ1) is 29.3. The first-order valence-electron chi connectivity index (χ1n) is 14.2. The SMILES string of the molecule is C=CC(=O)N1CCN2C(=O)c3c(N4CC(N5CC(C(F)(F)F)C5)CC4(C)C)nc(-c4ccccc4F)c(F)c3OC[C@H]2C1. The molecule has 0 radical (unpaired) electrons. The van der Waals surface area contributed by atoms with Gasteiger partial charge in [0.25, 0.3) is 5.91 Å². The molecule has 4 aliphatic heterocycles. The number of carbonyl (C=O) groups is 2. The first-order valence-corrected chi connectivity index (χ1v) is 14.2. The molecule has 2 amide bonds. The Labute approximate surface area is 245 Å². The van der Waals surface area contributed by atoms with Crippen LogP contribution in [0.4, 0.5) is 27.8 Å². The third-order valence-corrected chi connectivity index (χ3v) is 9.07. The van der Waals surface area contributed by atoms with E-state index in [1.54, 1.807) is 15.9 Å². The molecule has 13 heteroatoms. The fourth-order valence-corrected chi connectivity index (χ4v) is 6.65. The Kier molecular flexibility index (Phi) is 7.14. The molecular weight excluding hydrogens is 573 g/mol. The molecule has 6 rings (SSSR count). The number of amides is 2. The van der Waals surface area contributed by atoms with Gasteiger partial charge in [0.2, 0.25) is 5.91 Å². The molecule has 8 nitrogen and oxygen atoms in total. The van der Waals surface area contributed by atoms with E-state index in [1.165, 1.54) is 34.1 Å². The highest BCUT2D eigenvalue weighted by molar-refractivity contribution is 6.03. The van der Waals surface area contributed by atoms with Crippen LogP contribution in [-0.2, 0) is 4.79 Å². The minimum absolute atomic E-state index is 0.0882. The Balaban J connectivity index is 1.42. The highest BCUT2D eigenvalue weighted by Crippen LogP contribution is 2.46. The minimum Gasteiger partial charge on any atom is -0.487 e. The number of likely N-dealkylation sites (tertiary alicyclic amines) is 1. The smallest absolute Gasteiger partial charge is 0.394 e. The molecular formula is C30H32F5N5O3. The second-order valence-corrected chi connectivity index (χ2v) is 12.2. The Morgan fingerprint density at radius 1 is 1.09 bits per heavy atom. The lowest BCUT2D eigenvalue weighted by Gasteiger charge is -2.43. The van der Waals surface area contributed by atoms with E-state index in [0.717, 1.165) is 0 Å². The minimum atomic E-state index is -4.27. The summed E-state index contributed by atoms with van der Waals surface area (Å²) in [7, 11) is 0. The van der Waals surface area contributed by atoms with Gasteiger partial charge in [-0.15, -0.1) is 0 Å². The summed E-state index contributed by atoms with van der Waals surface area (Å²) in [6.45, 7) is 7.74. The van der Waals surface area contributed by atoms with Gasteiger partial charge < -0.3 is 19.4 Å². The van der Waals surface area contributed by atoms with Crippen molar-refractivity contribution in [1.29, 1.82) is 0 Å². The van der Waals surface area contributed by atoms with Crippen LogP contribution in [0.5, 0.6) is 5.75 Å². The number of ether oxygens (including phenoxy) is 1. The van der Waals surface area contributed by atoms with Crippen LogP contribution in [0, 0.1) is 17.6 Å². The summed E-state index contributed by atoms with van der Waals surface area (Å²) in [5, 5.41) is 0. The molecule has 0 saturated carbocycles. The van der Waals surface area contributed by atoms with Crippen LogP contribution >= 0.6 is 0 Å². The number of alkyl halides is 3. The Morgan fingerprint density at radius 3 is 2.49 bits per heavy atom. The van der Waals surface area contributed by atoms with Crippen molar-refractivity contribution in [3.63, 3.8) is 0 Å². The van der Waals surface area contributed by atoms with Crippen molar-refractivity contribution in [2.24, 2.45) is 5.92 Å². The summed E-state index contributed by atoms with van der Waals surface area (Å²) >= 11 is 0. The zero-order valence-corrected chi connectivity index (χ0v) is 23.8. The average molecular weight is 606 g/mol. The normalized spacial score (nSPS) is 24.2. The largest absolute Gasteiger partial charge is 0.487 e. The maximum absolute atomic E-state index is 16.3. The van der Waals surface area contributed by atoms with Crippen molar-refractivity contribution >= 4 is 17.6 Å². The lowest BCUT2D eigenvalue weighted by molar-refractivity contribution is -0.213. The highest BCUT2D eigenvalue weighted by atomic mass is 19.4. The Morgan fingerprint density at radius 2 is 1.81 bits per heavy atom. The summed E-state index contributed by atoms with van der Waals surface area (Å²) in [5.41, 5.74) is -1.26. The molecule has 0 N–H and O–H groups in total. The molecule has 1 aromatic heterocycles. The van der Waals surface area contributed by atoms with Crippen molar-refractivity contribution in [2.75, 3.05) is 50.8 Å². The number of halogens is 5. The van der Waals surface area contributed by atoms with E-state index < -0.39 is 41.2 Å². The summed E-state index contributed by atoms with van der Waals surface area (Å²) in [6, 6.07) is 4.71. The van der Waals surface area contributed by atoms with E-state index in [-0.39, 0.29) is 86.2 Å². The molecule has 230 valence electrons. The second kappa shape index (κ2) is 10.5. The summed E-state index contributed by atoms with van der Waals surface area (Å²) in [5.74, 6) is -4.20. The molecule has 3 saturated heterocycles. The molecule has 2 aromatic rings. The van der Waals surface area contributed by atoms with Gasteiger partial charge in [0.05, 0.1) is 12.0 Å². The molecule has 3 fully saturated rings. The number of rotatable bonds is 4. The molecule has 0 spiro atoms. The van der Waals surface area contributed by atoms with Crippen molar-refractivity contribution in [3.05, 3.63) is 54.1 Å². The van der Waals surface area contributed by atoms with Gasteiger partial charge in [0, 0.05) is 56.4 Å². The van der Waals surface area contributed by atoms with E-state index in [0.29, 0.717) is 6.42 Å². The van der Waals surface area contributed by atoms with E-state index in [2.05, 4.69) is 11.6 Å². The van der Waals surface area contributed by atoms with Crippen molar-refractivity contribution in [2.45, 2.75) is 44.1 Å². The van der Waals surface area contributed by atoms with Crippen LogP contribution in [0.2, 0.25) is 0 Å². The van der Waals surface area contributed by atoms with Crippen LogP contribution in [-0.4, -0.2) is 101 Å². The quantitative estimate of drug-likeness (QED) is 0.386. The van der Waals surface area contributed by atoms with Crippen molar-refractivity contribution in [1.82, 2.24) is 19.7 Å². The molecule has 5 heterocycles. The predicted molar refractivity (Wildman–Crippen MR) is 148 cm³/mol. The molecule has 43 heavy (non-hydrogen) atoms. The lowest BCUT2D eigenvalue weighted by Crippen LogP contribution is -2.57. The zero-order valence-electron chi connectivity index (χ0n) is 23.8. The number of nitrogens with zero attached hydrogens (tertiary/aromatic N) is 5. The third kappa shape index (κ3) is 5.00. The Hall–Kier alpha value is -3.74. The van der Waals surface area contributed by atoms with Gasteiger partial charge in [0.1, 0.15) is 29.5 Å². The van der Waals surface area contributed by atoms with Crippen molar-refractivity contribution in [3.8, 4) is 17.0 Å². The third-order valence-electron chi connectivity index (χ3n) is 9.07. The van der Waals surface area contributed by atoms with E-state index in [1.807, 2.05) is 13.8 Å². The molecule has 0 aliphatic carbocycles. The van der Waals surface area contributed by atoms with Crippen LogP contribution in [0.3, 0.4) is 0 Å². The lowest BCUT2D eigenvalue weighted by atomic mass is 9.93. The first-order chi connectivity index (χ1) is 20.3. The fraction of sp³-hybridized carbons (Fsp3) is 0.500. The summed E-state index contributed by atoms with van der Waals surface area (Å²) in [4.78, 5) is 37.7. The van der Waals surface area contributed by atoms with Gasteiger partial charge >= 0.3 is 6.18 Å². The summed E-state index contributed by atoms with van der Waals surface area (Å²) in [6.07, 6.45) is -2.61. The average Bonchev–Trinajstić information content (AvgIpc) is 3.15. The molecule has 1 unspecified atom stereocenters. The van der Waals surface area contributed by atoms with E-state index in [4.69, 9.17) is 4.74 Å². The second-order valence-electron chi connectivity index (χ2n) is 12.2. The van der Waals surface area contributed by atoms with Gasteiger partial charge in [-0.3, -0.25) is 14.5 Å².